The largest absolute Gasteiger partial charge is 0.504 e. The molecule has 1 aliphatic rings. The SMILES string of the molecule is CC/C(=C\c1cc(I)c(O)c(OC)c1)CC[C@@H]1C=CCO1. The van der Waals surface area contributed by atoms with Gasteiger partial charge in [-0.1, -0.05) is 30.7 Å². The van der Waals surface area contributed by atoms with E-state index in [9.17, 15) is 5.11 Å². The van der Waals surface area contributed by atoms with Gasteiger partial charge in [-0.15, -0.1) is 0 Å². The fraction of sp³-hybridized carbons (Fsp3) is 0.412. The second-order valence-electron chi connectivity index (χ2n) is 5.05. The van der Waals surface area contributed by atoms with E-state index in [4.69, 9.17) is 9.47 Å². The Labute approximate surface area is 139 Å². The van der Waals surface area contributed by atoms with Gasteiger partial charge in [0.2, 0.25) is 0 Å². The highest BCUT2D eigenvalue weighted by Crippen LogP contribution is 2.33. The predicted molar refractivity (Wildman–Crippen MR) is 93.8 cm³/mol. The van der Waals surface area contributed by atoms with Crippen LogP contribution in [0.3, 0.4) is 0 Å². The highest BCUT2D eigenvalue weighted by Gasteiger charge is 2.11. The third-order valence-electron chi connectivity index (χ3n) is 3.60. The molecule has 0 saturated heterocycles. The normalized spacial score (nSPS) is 18.2. The van der Waals surface area contributed by atoms with Gasteiger partial charge in [-0.3, -0.25) is 0 Å². The molecule has 0 radical (unpaired) electrons. The van der Waals surface area contributed by atoms with Crippen LogP contribution in [0, 0.1) is 3.57 Å². The number of phenolic OH excluding ortho intramolecular Hbond substituents is 1. The van der Waals surface area contributed by atoms with Crippen molar-refractivity contribution in [3.05, 3.63) is 39.0 Å². The number of rotatable bonds is 6. The van der Waals surface area contributed by atoms with Gasteiger partial charge in [-0.05, 0) is 59.5 Å². The summed E-state index contributed by atoms with van der Waals surface area (Å²) in [6.45, 7) is 2.91. The molecule has 0 amide bonds. The van der Waals surface area contributed by atoms with Crippen LogP contribution in [-0.4, -0.2) is 24.9 Å². The molecule has 4 heteroatoms. The summed E-state index contributed by atoms with van der Waals surface area (Å²) in [6, 6.07) is 3.85. The van der Waals surface area contributed by atoms with E-state index in [2.05, 4.69) is 47.7 Å². The molecule has 0 saturated carbocycles. The molecule has 2 rings (SSSR count). The highest BCUT2D eigenvalue weighted by atomic mass is 127. The van der Waals surface area contributed by atoms with E-state index < -0.39 is 0 Å². The molecule has 1 atom stereocenters. The molecule has 0 bridgehead atoms. The van der Waals surface area contributed by atoms with E-state index >= 15 is 0 Å². The molecule has 21 heavy (non-hydrogen) atoms. The number of allylic oxidation sites excluding steroid dienone is 1. The van der Waals surface area contributed by atoms with Crippen molar-refractivity contribution in [2.75, 3.05) is 13.7 Å². The molecule has 0 aromatic heterocycles. The average Bonchev–Trinajstić information content (AvgIpc) is 3.00. The smallest absolute Gasteiger partial charge is 0.171 e. The lowest BCUT2D eigenvalue weighted by Gasteiger charge is -2.11. The van der Waals surface area contributed by atoms with Gasteiger partial charge in [0.05, 0.1) is 23.4 Å². The lowest BCUT2D eigenvalue weighted by atomic mass is 10.0. The van der Waals surface area contributed by atoms with Crippen LogP contribution in [0.4, 0.5) is 0 Å². The fourth-order valence-corrected chi connectivity index (χ4v) is 2.99. The second-order valence-corrected chi connectivity index (χ2v) is 6.21. The maximum atomic E-state index is 9.88. The van der Waals surface area contributed by atoms with Crippen LogP contribution in [0.15, 0.2) is 29.9 Å². The number of hydrogen-bond donors (Lipinski definition) is 1. The minimum atomic E-state index is 0.206. The molecule has 1 aromatic rings. The predicted octanol–water partition coefficient (Wildman–Crippen LogP) is 4.53. The molecule has 0 aliphatic carbocycles. The summed E-state index contributed by atoms with van der Waals surface area (Å²) in [4.78, 5) is 0. The van der Waals surface area contributed by atoms with Crippen LogP contribution < -0.4 is 4.74 Å². The number of benzene rings is 1. The van der Waals surface area contributed by atoms with Gasteiger partial charge in [-0.2, -0.15) is 0 Å². The quantitative estimate of drug-likeness (QED) is 0.563. The molecule has 1 aliphatic heterocycles. The average molecular weight is 400 g/mol. The van der Waals surface area contributed by atoms with E-state index in [-0.39, 0.29) is 11.9 Å². The van der Waals surface area contributed by atoms with E-state index in [0.717, 1.165) is 35.0 Å². The Kier molecular flexibility index (Phi) is 6.11. The van der Waals surface area contributed by atoms with Crippen molar-refractivity contribution in [3.8, 4) is 11.5 Å². The Hall–Kier alpha value is -1.01. The van der Waals surface area contributed by atoms with Gasteiger partial charge >= 0.3 is 0 Å². The van der Waals surface area contributed by atoms with Gasteiger partial charge in [0, 0.05) is 0 Å². The van der Waals surface area contributed by atoms with Crippen molar-refractivity contribution >= 4 is 28.7 Å². The zero-order chi connectivity index (χ0) is 15.2. The van der Waals surface area contributed by atoms with Crippen molar-refractivity contribution in [3.63, 3.8) is 0 Å². The van der Waals surface area contributed by atoms with Crippen LogP contribution in [0.1, 0.15) is 31.7 Å². The fourth-order valence-electron chi connectivity index (χ4n) is 2.37. The standard InChI is InChI=1S/C17H21IO3/c1-3-12(6-7-14-5-4-8-21-14)9-13-10-15(18)17(19)16(11-13)20-2/h4-5,9-11,14,19H,3,6-8H2,1-2H3/b12-9+/t14-/m0/s1. The van der Waals surface area contributed by atoms with Gasteiger partial charge in [-0.25, -0.2) is 0 Å². The summed E-state index contributed by atoms with van der Waals surface area (Å²) in [5, 5.41) is 9.88. The van der Waals surface area contributed by atoms with Gasteiger partial charge < -0.3 is 14.6 Å². The molecule has 1 heterocycles. The topological polar surface area (TPSA) is 38.7 Å². The number of phenols is 1. The molecule has 0 fully saturated rings. The maximum Gasteiger partial charge on any atom is 0.171 e. The lowest BCUT2D eigenvalue weighted by molar-refractivity contribution is 0.121. The van der Waals surface area contributed by atoms with Crippen LogP contribution in [0.25, 0.3) is 6.08 Å². The third-order valence-corrected chi connectivity index (χ3v) is 4.43. The van der Waals surface area contributed by atoms with E-state index in [1.165, 1.54) is 5.57 Å². The molecule has 114 valence electrons. The zero-order valence-electron chi connectivity index (χ0n) is 12.4. The Bertz CT molecular complexity index is 549. The first-order valence-corrected chi connectivity index (χ1v) is 8.26. The number of methoxy groups -OCH3 is 1. The van der Waals surface area contributed by atoms with Crippen LogP contribution in [0.5, 0.6) is 11.5 Å². The highest BCUT2D eigenvalue weighted by molar-refractivity contribution is 14.1. The molecule has 1 N–H and O–H groups in total. The first kappa shape index (κ1) is 16.4. The van der Waals surface area contributed by atoms with Crippen molar-refractivity contribution < 1.29 is 14.6 Å². The third kappa shape index (κ3) is 4.48. The van der Waals surface area contributed by atoms with E-state index in [1.807, 2.05) is 12.1 Å². The lowest BCUT2D eigenvalue weighted by Crippen LogP contribution is -2.04. The van der Waals surface area contributed by atoms with Crippen molar-refractivity contribution in [1.29, 1.82) is 0 Å². The summed E-state index contributed by atoms with van der Waals surface area (Å²) in [5.41, 5.74) is 2.44. The van der Waals surface area contributed by atoms with Crippen molar-refractivity contribution in [2.45, 2.75) is 32.3 Å². The monoisotopic (exact) mass is 400 g/mol. The van der Waals surface area contributed by atoms with Crippen LogP contribution in [-0.2, 0) is 4.74 Å². The van der Waals surface area contributed by atoms with Crippen LogP contribution in [0.2, 0.25) is 0 Å². The minimum absolute atomic E-state index is 0.206. The van der Waals surface area contributed by atoms with Gasteiger partial charge in [0.25, 0.3) is 0 Å². The van der Waals surface area contributed by atoms with Gasteiger partial charge in [0.15, 0.2) is 11.5 Å². The first-order chi connectivity index (χ1) is 10.1. The summed E-state index contributed by atoms with van der Waals surface area (Å²) in [6.07, 6.45) is 9.70. The maximum absolute atomic E-state index is 9.88. The van der Waals surface area contributed by atoms with Crippen molar-refractivity contribution in [2.24, 2.45) is 0 Å². The van der Waals surface area contributed by atoms with Crippen molar-refractivity contribution in [1.82, 2.24) is 0 Å². The molecular weight excluding hydrogens is 379 g/mol. The Morgan fingerprint density at radius 3 is 2.95 bits per heavy atom. The molecule has 1 aromatic carbocycles. The summed E-state index contributed by atoms with van der Waals surface area (Å²) < 4.78 is 11.6. The second kappa shape index (κ2) is 7.84. The number of aromatic hydroxyl groups is 1. The molecule has 0 unspecified atom stereocenters. The first-order valence-electron chi connectivity index (χ1n) is 7.18. The number of hydrogen-bond acceptors (Lipinski definition) is 3. The molecule has 0 spiro atoms. The zero-order valence-corrected chi connectivity index (χ0v) is 14.6. The Morgan fingerprint density at radius 2 is 2.33 bits per heavy atom. The Morgan fingerprint density at radius 1 is 1.52 bits per heavy atom. The Balaban J connectivity index is 2.11. The molecular formula is C17H21IO3. The minimum Gasteiger partial charge on any atom is -0.504 e. The number of halogens is 1. The van der Waals surface area contributed by atoms with E-state index in [1.54, 1.807) is 7.11 Å². The summed E-state index contributed by atoms with van der Waals surface area (Å²) >= 11 is 2.12. The van der Waals surface area contributed by atoms with E-state index in [0.29, 0.717) is 5.75 Å². The molecule has 3 nitrogen and oxygen atoms in total. The number of ether oxygens (including phenoxy) is 2. The van der Waals surface area contributed by atoms with Gasteiger partial charge in [0.1, 0.15) is 0 Å². The summed E-state index contributed by atoms with van der Waals surface area (Å²) in [7, 11) is 1.57. The van der Waals surface area contributed by atoms with Crippen LogP contribution >= 0.6 is 22.6 Å². The summed E-state index contributed by atoms with van der Waals surface area (Å²) in [5.74, 6) is 0.725.